The van der Waals surface area contributed by atoms with E-state index < -0.39 is 21.7 Å². The SMILES string of the molecule is CN(C)CCN(CCC(=O)Nc1ccccc1F)S(C)(=O)=O. The quantitative estimate of drug-likeness (QED) is 0.771. The van der Waals surface area contributed by atoms with Crippen molar-refractivity contribution in [1.29, 1.82) is 0 Å². The molecule has 0 heterocycles. The first-order valence-electron chi connectivity index (χ1n) is 6.84. The van der Waals surface area contributed by atoms with Crippen molar-refractivity contribution < 1.29 is 17.6 Å². The number of anilines is 1. The first-order valence-corrected chi connectivity index (χ1v) is 8.69. The van der Waals surface area contributed by atoms with Gasteiger partial charge >= 0.3 is 0 Å². The van der Waals surface area contributed by atoms with Crippen LogP contribution in [0.2, 0.25) is 0 Å². The normalized spacial score (nSPS) is 11.9. The molecule has 0 aromatic heterocycles. The van der Waals surface area contributed by atoms with E-state index in [4.69, 9.17) is 0 Å². The van der Waals surface area contributed by atoms with Crippen LogP contribution in [0.3, 0.4) is 0 Å². The lowest BCUT2D eigenvalue weighted by atomic mass is 10.3. The molecule has 8 heteroatoms. The summed E-state index contributed by atoms with van der Waals surface area (Å²) in [5.41, 5.74) is 0.0895. The Labute approximate surface area is 131 Å². The predicted octanol–water partition coefficient (Wildman–Crippen LogP) is 0.977. The van der Waals surface area contributed by atoms with E-state index in [0.717, 1.165) is 6.26 Å². The molecule has 0 atom stereocenters. The number of amides is 1. The molecule has 22 heavy (non-hydrogen) atoms. The zero-order chi connectivity index (χ0) is 16.8. The van der Waals surface area contributed by atoms with Crippen LogP contribution in [0.15, 0.2) is 24.3 Å². The Morgan fingerprint density at radius 3 is 2.36 bits per heavy atom. The largest absolute Gasteiger partial charge is 0.324 e. The van der Waals surface area contributed by atoms with Gasteiger partial charge in [0, 0.05) is 26.1 Å². The fourth-order valence-corrected chi connectivity index (χ4v) is 2.59. The number of benzene rings is 1. The number of hydrogen-bond acceptors (Lipinski definition) is 4. The number of halogens is 1. The molecule has 1 aromatic rings. The van der Waals surface area contributed by atoms with Gasteiger partial charge in [0.25, 0.3) is 0 Å². The minimum absolute atomic E-state index is 0.0329. The minimum atomic E-state index is -3.38. The molecule has 0 spiro atoms. The summed E-state index contributed by atoms with van der Waals surface area (Å²) >= 11 is 0. The summed E-state index contributed by atoms with van der Waals surface area (Å²) in [7, 11) is 0.293. The molecule has 1 rings (SSSR count). The van der Waals surface area contributed by atoms with Crippen LogP contribution in [0.25, 0.3) is 0 Å². The number of para-hydroxylation sites is 1. The first-order chi connectivity index (χ1) is 10.2. The van der Waals surface area contributed by atoms with Crippen LogP contribution >= 0.6 is 0 Å². The number of likely N-dealkylation sites (N-methyl/N-ethyl adjacent to an activating group) is 1. The zero-order valence-corrected chi connectivity index (χ0v) is 13.9. The highest BCUT2D eigenvalue weighted by molar-refractivity contribution is 7.88. The summed E-state index contributed by atoms with van der Waals surface area (Å²) < 4.78 is 38.0. The molecule has 0 fully saturated rings. The summed E-state index contributed by atoms with van der Waals surface area (Å²) in [5.74, 6) is -0.952. The Balaban J connectivity index is 2.57. The maximum Gasteiger partial charge on any atom is 0.225 e. The van der Waals surface area contributed by atoms with Gasteiger partial charge in [-0.1, -0.05) is 12.1 Å². The van der Waals surface area contributed by atoms with Crippen LogP contribution in [-0.2, 0) is 14.8 Å². The average molecular weight is 331 g/mol. The number of rotatable bonds is 8. The van der Waals surface area contributed by atoms with Crippen LogP contribution in [0.1, 0.15) is 6.42 Å². The predicted molar refractivity (Wildman–Crippen MR) is 84.6 cm³/mol. The maximum atomic E-state index is 13.4. The molecule has 1 N–H and O–H groups in total. The number of nitrogens with zero attached hydrogens (tertiary/aromatic N) is 2. The van der Waals surface area contributed by atoms with Crippen molar-refractivity contribution in [3.8, 4) is 0 Å². The molecular formula is C14H22FN3O3S. The molecule has 0 aliphatic carbocycles. The summed E-state index contributed by atoms with van der Waals surface area (Å²) in [4.78, 5) is 13.7. The van der Waals surface area contributed by atoms with Crippen LogP contribution in [-0.4, -0.2) is 63.5 Å². The van der Waals surface area contributed by atoms with E-state index in [0.29, 0.717) is 13.1 Å². The van der Waals surface area contributed by atoms with Gasteiger partial charge in [-0.3, -0.25) is 4.79 Å². The van der Waals surface area contributed by atoms with E-state index in [1.807, 2.05) is 19.0 Å². The molecule has 124 valence electrons. The first kappa shape index (κ1) is 18.5. The van der Waals surface area contributed by atoms with Gasteiger partial charge in [0.15, 0.2) is 0 Å². The summed E-state index contributed by atoms with van der Waals surface area (Å²) in [6.07, 6.45) is 1.08. The number of sulfonamides is 1. The van der Waals surface area contributed by atoms with E-state index in [2.05, 4.69) is 5.32 Å². The summed E-state index contributed by atoms with van der Waals surface area (Å²) in [6, 6.07) is 5.83. The fraction of sp³-hybridized carbons (Fsp3) is 0.500. The maximum absolute atomic E-state index is 13.4. The van der Waals surface area contributed by atoms with E-state index in [9.17, 15) is 17.6 Å². The van der Waals surface area contributed by atoms with Crippen LogP contribution in [0.5, 0.6) is 0 Å². The summed E-state index contributed by atoms with van der Waals surface area (Å²) in [6.45, 7) is 0.924. The smallest absolute Gasteiger partial charge is 0.225 e. The monoisotopic (exact) mass is 331 g/mol. The van der Waals surface area contributed by atoms with Gasteiger partial charge in [0.05, 0.1) is 11.9 Å². The lowest BCUT2D eigenvalue weighted by Gasteiger charge is -2.21. The van der Waals surface area contributed by atoms with Crippen LogP contribution < -0.4 is 5.32 Å². The number of carbonyl (C=O) groups is 1. The Hall–Kier alpha value is -1.51. The van der Waals surface area contributed by atoms with Crippen molar-refractivity contribution in [2.24, 2.45) is 0 Å². The van der Waals surface area contributed by atoms with Gasteiger partial charge < -0.3 is 10.2 Å². The Kier molecular flexibility index (Phi) is 6.92. The van der Waals surface area contributed by atoms with E-state index in [-0.39, 0.29) is 18.7 Å². The second-order valence-electron chi connectivity index (χ2n) is 5.24. The van der Waals surface area contributed by atoms with Crippen molar-refractivity contribution in [3.63, 3.8) is 0 Å². The van der Waals surface area contributed by atoms with Crippen molar-refractivity contribution in [1.82, 2.24) is 9.21 Å². The van der Waals surface area contributed by atoms with Crippen molar-refractivity contribution >= 4 is 21.6 Å². The topological polar surface area (TPSA) is 69.7 Å². The summed E-state index contributed by atoms with van der Waals surface area (Å²) in [5, 5.41) is 2.44. The van der Waals surface area contributed by atoms with Crippen molar-refractivity contribution in [2.45, 2.75) is 6.42 Å². The lowest BCUT2D eigenvalue weighted by molar-refractivity contribution is -0.116. The fourth-order valence-electron chi connectivity index (χ4n) is 1.76. The lowest BCUT2D eigenvalue weighted by Crippen LogP contribution is -2.37. The molecule has 0 radical (unpaired) electrons. The Bertz CT molecular complexity index is 605. The van der Waals surface area contributed by atoms with Gasteiger partial charge in [-0.2, -0.15) is 0 Å². The Morgan fingerprint density at radius 1 is 1.18 bits per heavy atom. The third kappa shape index (κ3) is 6.50. The van der Waals surface area contributed by atoms with Crippen LogP contribution in [0, 0.1) is 5.82 Å². The number of hydrogen-bond donors (Lipinski definition) is 1. The second-order valence-corrected chi connectivity index (χ2v) is 7.23. The number of nitrogens with one attached hydrogen (secondary N) is 1. The van der Waals surface area contributed by atoms with Gasteiger partial charge in [0.1, 0.15) is 5.82 Å². The average Bonchev–Trinajstić information content (AvgIpc) is 2.39. The molecule has 0 unspecified atom stereocenters. The van der Waals surface area contributed by atoms with Gasteiger partial charge in [0.2, 0.25) is 15.9 Å². The molecule has 0 bridgehead atoms. The third-order valence-electron chi connectivity index (χ3n) is 3.00. The van der Waals surface area contributed by atoms with Gasteiger partial charge in [-0.15, -0.1) is 0 Å². The third-order valence-corrected chi connectivity index (χ3v) is 4.31. The molecule has 1 aromatic carbocycles. The molecule has 0 aliphatic heterocycles. The Morgan fingerprint density at radius 2 is 1.82 bits per heavy atom. The van der Waals surface area contributed by atoms with E-state index in [1.165, 1.54) is 22.5 Å². The molecule has 0 aliphatic rings. The van der Waals surface area contributed by atoms with Gasteiger partial charge in [-0.05, 0) is 26.2 Å². The molecule has 0 saturated heterocycles. The standard InChI is InChI=1S/C14H22FN3O3S/c1-17(2)10-11-18(22(3,20)21)9-8-14(19)16-13-7-5-4-6-12(13)15/h4-7H,8-11H2,1-3H3,(H,16,19). The van der Waals surface area contributed by atoms with Crippen molar-refractivity contribution in [3.05, 3.63) is 30.1 Å². The molecule has 0 saturated carbocycles. The minimum Gasteiger partial charge on any atom is -0.324 e. The van der Waals surface area contributed by atoms with Gasteiger partial charge in [-0.25, -0.2) is 17.1 Å². The zero-order valence-electron chi connectivity index (χ0n) is 13.0. The molecular weight excluding hydrogens is 309 g/mol. The highest BCUT2D eigenvalue weighted by Gasteiger charge is 2.18. The highest BCUT2D eigenvalue weighted by Crippen LogP contribution is 2.12. The van der Waals surface area contributed by atoms with Crippen molar-refractivity contribution in [2.75, 3.05) is 45.3 Å². The highest BCUT2D eigenvalue weighted by atomic mass is 32.2. The molecule has 6 nitrogen and oxygen atoms in total. The van der Waals surface area contributed by atoms with Crippen LogP contribution in [0.4, 0.5) is 10.1 Å². The number of carbonyl (C=O) groups excluding carboxylic acids is 1. The molecule has 1 amide bonds. The van der Waals surface area contributed by atoms with E-state index >= 15 is 0 Å². The van der Waals surface area contributed by atoms with E-state index in [1.54, 1.807) is 6.07 Å². The second kappa shape index (κ2) is 8.21.